The third kappa shape index (κ3) is 3.52. The number of halogens is 1. The van der Waals surface area contributed by atoms with Crippen molar-refractivity contribution >= 4 is 50.7 Å². The normalized spacial score (nSPS) is 10.8. The van der Waals surface area contributed by atoms with Gasteiger partial charge in [0.05, 0.1) is 11.3 Å². The molecule has 0 atom stereocenters. The summed E-state index contributed by atoms with van der Waals surface area (Å²) in [7, 11) is 0. The van der Waals surface area contributed by atoms with Gasteiger partial charge in [-0.05, 0) is 39.7 Å². The minimum atomic E-state index is -0.555. The third-order valence-corrected chi connectivity index (χ3v) is 4.64. The van der Waals surface area contributed by atoms with Gasteiger partial charge in [-0.15, -0.1) is 0 Å². The van der Waals surface area contributed by atoms with Gasteiger partial charge >= 0.3 is 5.97 Å². The Morgan fingerprint density at radius 3 is 2.21 bits per heavy atom. The molecular formula is C22H15ClN2O3. The van der Waals surface area contributed by atoms with Gasteiger partial charge in [0.2, 0.25) is 0 Å². The predicted molar refractivity (Wildman–Crippen MR) is 110 cm³/mol. The molecule has 0 aliphatic carbocycles. The lowest BCUT2D eigenvalue weighted by Crippen LogP contribution is -2.21. The number of hydrogen-bond acceptors (Lipinski definition) is 4. The highest BCUT2D eigenvalue weighted by atomic mass is 35.5. The van der Waals surface area contributed by atoms with Gasteiger partial charge in [-0.1, -0.05) is 60.1 Å². The van der Waals surface area contributed by atoms with Crippen molar-refractivity contribution in [1.82, 2.24) is 4.98 Å². The van der Waals surface area contributed by atoms with Crippen molar-refractivity contribution in [3.8, 4) is 0 Å². The van der Waals surface area contributed by atoms with Crippen LogP contribution in [0.1, 0.15) is 10.4 Å². The second-order valence-corrected chi connectivity index (χ2v) is 6.52. The lowest BCUT2D eigenvalue weighted by atomic mass is 9.97. The first-order chi connectivity index (χ1) is 13.6. The van der Waals surface area contributed by atoms with E-state index >= 15 is 0 Å². The van der Waals surface area contributed by atoms with E-state index in [1.165, 1.54) is 6.20 Å². The number of esters is 1. The molecule has 1 aromatic heterocycles. The second-order valence-electron chi connectivity index (χ2n) is 6.16. The Bertz CT molecular complexity index is 1150. The van der Waals surface area contributed by atoms with Gasteiger partial charge in [-0.3, -0.25) is 4.79 Å². The molecular weight excluding hydrogens is 376 g/mol. The number of amides is 1. The molecule has 0 unspecified atom stereocenters. The number of hydrogen-bond donors (Lipinski definition) is 1. The summed E-state index contributed by atoms with van der Waals surface area (Å²) in [6.45, 7) is -0.429. The summed E-state index contributed by atoms with van der Waals surface area (Å²) < 4.78 is 5.30. The molecule has 0 aliphatic rings. The molecule has 138 valence electrons. The highest BCUT2D eigenvalue weighted by Gasteiger charge is 2.17. The van der Waals surface area contributed by atoms with Crippen molar-refractivity contribution in [2.45, 2.75) is 0 Å². The van der Waals surface area contributed by atoms with Crippen LogP contribution < -0.4 is 5.32 Å². The first kappa shape index (κ1) is 17.9. The smallest absolute Gasteiger partial charge is 0.339 e. The fraction of sp³-hybridized carbons (Fsp3) is 0.0455. The van der Waals surface area contributed by atoms with Crippen LogP contribution in [0.15, 0.2) is 72.9 Å². The molecule has 0 saturated heterocycles. The zero-order valence-corrected chi connectivity index (χ0v) is 15.4. The van der Waals surface area contributed by atoms with E-state index in [1.807, 2.05) is 54.6 Å². The van der Waals surface area contributed by atoms with Gasteiger partial charge in [-0.2, -0.15) is 0 Å². The molecule has 0 spiro atoms. The first-order valence-corrected chi connectivity index (χ1v) is 8.99. The Hall–Kier alpha value is -3.44. The molecule has 3 aromatic carbocycles. The van der Waals surface area contributed by atoms with Gasteiger partial charge < -0.3 is 10.1 Å². The van der Waals surface area contributed by atoms with Crippen LogP contribution in [0.25, 0.3) is 21.5 Å². The summed E-state index contributed by atoms with van der Waals surface area (Å²) in [6, 6.07) is 20.5. The van der Waals surface area contributed by atoms with E-state index in [0.717, 1.165) is 21.5 Å². The number of benzene rings is 3. The summed E-state index contributed by atoms with van der Waals surface area (Å²) in [5.74, 6) is -1.05. The van der Waals surface area contributed by atoms with Gasteiger partial charge in [0.1, 0.15) is 0 Å². The molecule has 0 aliphatic heterocycles. The maximum absolute atomic E-state index is 12.9. The number of anilines is 1. The molecule has 0 fully saturated rings. The van der Waals surface area contributed by atoms with Crippen molar-refractivity contribution in [3.63, 3.8) is 0 Å². The predicted octanol–water partition coefficient (Wildman–Crippen LogP) is 4.84. The fourth-order valence-electron chi connectivity index (χ4n) is 3.10. The van der Waals surface area contributed by atoms with E-state index in [2.05, 4.69) is 10.3 Å². The van der Waals surface area contributed by atoms with Crippen LogP contribution in [0.4, 0.5) is 5.69 Å². The summed E-state index contributed by atoms with van der Waals surface area (Å²) in [6.07, 6.45) is 1.52. The molecule has 4 rings (SSSR count). The zero-order valence-electron chi connectivity index (χ0n) is 14.7. The quantitative estimate of drug-likeness (QED) is 0.307. The Kier molecular flexibility index (Phi) is 4.91. The number of rotatable bonds is 4. The SMILES string of the molecule is O=C(COC(=O)c1c2ccccc2cc2ccccc12)Nc1cccnc1Cl. The molecule has 6 heteroatoms. The van der Waals surface area contributed by atoms with Gasteiger partial charge in [0.15, 0.2) is 11.8 Å². The molecule has 1 amide bonds. The number of ether oxygens (including phenoxy) is 1. The minimum Gasteiger partial charge on any atom is -0.452 e. The Morgan fingerprint density at radius 1 is 0.929 bits per heavy atom. The van der Waals surface area contributed by atoms with E-state index < -0.39 is 18.5 Å². The molecule has 0 radical (unpaired) electrons. The number of carbonyl (C=O) groups excluding carboxylic acids is 2. The monoisotopic (exact) mass is 390 g/mol. The number of nitrogens with one attached hydrogen (secondary N) is 1. The lowest BCUT2D eigenvalue weighted by Gasteiger charge is -2.12. The molecule has 0 saturated carbocycles. The van der Waals surface area contributed by atoms with Gasteiger partial charge in [0, 0.05) is 6.20 Å². The van der Waals surface area contributed by atoms with Crippen LogP contribution in [0.3, 0.4) is 0 Å². The molecule has 5 nitrogen and oxygen atoms in total. The number of carbonyl (C=O) groups is 2. The van der Waals surface area contributed by atoms with E-state index in [1.54, 1.807) is 12.1 Å². The summed E-state index contributed by atoms with van der Waals surface area (Å²) in [5, 5.41) is 6.17. The Balaban J connectivity index is 1.60. The van der Waals surface area contributed by atoms with E-state index in [-0.39, 0.29) is 5.15 Å². The topological polar surface area (TPSA) is 68.3 Å². The number of fused-ring (bicyclic) bond motifs is 2. The summed E-state index contributed by atoms with van der Waals surface area (Å²) >= 11 is 5.92. The molecule has 1 N–H and O–H groups in total. The van der Waals surface area contributed by atoms with Gasteiger partial charge in [-0.25, -0.2) is 9.78 Å². The standard InChI is InChI=1S/C22H15ClN2O3/c23-21-18(10-5-11-24-21)25-19(26)13-28-22(27)20-16-8-3-1-6-14(16)12-15-7-2-4-9-17(15)20/h1-12H,13H2,(H,25,26). The van der Waals surface area contributed by atoms with E-state index in [9.17, 15) is 9.59 Å². The van der Waals surface area contributed by atoms with Crippen LogP contribution >= 0.6 is 11.6 Å². The number of aromatic nitrogens is 1. The fourth-order valence-corrected chi connectivity index (χ4v) is 3.27. The van der Waals surface area contributed by atoms with Crippen LogP contribution in [-0.4, -0.2) is 23.5 Å². The van der Waals surface area contributed by atoms with Crippen molar-refractivity contribution in [3.05, 3.63) is 83.6 Å². The second kappa shape index (κ2) is 7.66. The third-order valence-electron chi connectivity index (χ3n) is 4.34. The lowest BCUT2D eigenvalue weighted by molar-refractivity contribution is -0.119. The molecule has 0 bridgehead atoms. The minimum absolute atomic E-state index is 0.169. The van der Waals surface area contributed by atoms with E-state index in [4.69, 9.17) is 16.3 Å². The van der Waals surface area contributed by atoms with Crippen molar-refractivity contribution in [2.24, 2.45) is 0 Å². The van der Waals surface area contributed by atoms with Crippen LogP contribution in [-0.2, 0) is 9.53 Å². The maximum atomic E-state index is 12.9. The number of nitrogens with zero attached hydrogens (tertiary/aromatic N) is 1. The van der Waals surface area contributed by atoms with Crippen molar-refractivity contribution in [2.75, 3.05) is 11.9 Å². The summed E-state index contributed by atoms with van der Waals surface area (Å²) in [4.78, 5) is 28.9. The van der Waals surface area contributed by atoms with Crippen LogP contribution in [0.5, 0.6) is 0 Å². The summed E-state index contributed by atoms with van der Waals surface area (Å²) in [5.41, 5.74) is 0.807. The molecule has 4 aromatic rings. The molecule has 28 heavy (non-hydrogen) atoms. The van der Waals surface area contributed by atoms with Crippen LogP contribution in [0.2, 0.25) is 5.15 Å². The van der Waals surface area contributed by atoms with Gasteiger partial charge in [0.25, 0.3) is 5.91 Å². The molecule has 1 heterocycles. The highest BCUT2D eigenvalue weighted by Crippen LogP contribution is 2.29. The highest BCUT2D eigenvalue weighted by molar-refractivity contribution is 6.32. The van der Waals surface area contributed by atoms with Crippen molar-refractivity contribution in [1.29, 1.82) is 0 Å². The Morgan fingerprint density at radius 2 is 1.57 bits per heavy atom. The number of pyridine rings is 1. The largest absolute Gasteiger partial charge is 0.452 e. The first-order valence-electron chi connectivity index (χ1n) is 8.61. The average molecular weight is 391 g/mol. The average Bonchev–Trinajstić information content (AvgIpc) is 2.72. The van der Waals surface area contributed by atoms with Crippen LogP contribution in [0, 0.1) is 0 Å². The van der Waals surface area contributed by atoms with Crippen molar-refractivity contribution < 1.29 is 14.3 Å². The Labute approximate surface area is 165 Å². The van der Waals surface area contributed by atoms with E-state index in [0.29, 0.717) is 11.3 Å². The zero-order chi connectivity index (χ0) is 19.5. The maximum Gasteiger partial charge on any atom is 0.339 e.